The lowest BCUT2D eigenvalue weighted by Crippen LogP contribution is -2.45. The molecule has 0 atom stereocenters. The third-order valence-electron chi connectivity index (χ3n) is 4.20. The first-order valence-corrected chi connectivity index (χ1v) is 11.9. The predicted molar refractivity (Wildman–Crippen MR) is 133 cm³/mol. The Hall–Kier alpha value is -2.23. The molecule has 0 saturated heterocycles. The lowest BCUT2D eigenvalue weighted by Gasteiger charge is -2.31. The summed E-state index contributed by atoms with van der Waals surface area (Å²) in [6, 6.07) is 0. The van der Waals surface area contributed by atoms with Gasteiger partial charge < -0.3 is 34.2 Å². The minimum atomic E-state index is -0.651. The number of hydrogen-bond acceptors (Lipinski definition) is 7. The number of carbonyl (C=O) groups is 3. The third kappa shape index (κ3) is 15.6. The van der Waals surface area contributed by atoms with Crippen molar-refractivity contribution in [3.63, 3.8) is 0 Å². The molecule has 10 nitrogen and oxygen atoms in total. The highest BCUT2D eigenvalue weighted by molar-refractivity contribution is 5.69. The molecule has 0 aliphatic rings. The smallest absolute Gasteiger partial charge is 0.410 e. The zero-order valence-corrected chi connectivity index (χ0v) is 23.2. The van der Waals surface area contributed by atoms with Crippen molar-refractivity contribution >= 4 is 18.3 Å². The van der Waals surface area contributed by atoms with Crippen molar-refractivity contribution in [1.29, 1.82) is 0 Å². The quantitative estimate of drug-likeness (QED) is 0.465. The van der Waals surface area contributed by atoms with Gasteiger partial charge in [-0.15, -0.1) is 0 Å². The summed E-state index contributed by atoms with van der Waals surface area (Å²) >= 11 is 0. The van der Waals surface area contributed by atoms with Gasteiger partial charge in [0.05, 0.1) is 0 Å². The van der Waals surface area contributed by atoms with E-state index in [1.807, 2.05) is 27.8 Å². The summed E-state index contributed by atoms with van der Waals surface area (Å²) in [4.78, 5) is 42.3. The molecule has 0 radical (unpaired) electrons. The molecular weight excluding hydrogens is 440 g/mol. The standard InChI is InChI=1S/C24H48N4O6/c1-22(2,3)32-19(29)26(11)17-18-28(21(31)34-24(7,8)9)15-12-14-27(16-13-25-10)20(30)33-23(4,5)6/h25H,12-18H2,1-11H3. The van der Waals surface area contributed by atoms with Crippen LogP contribution in [0.3, 0.4) is 0 Å². The van der Waals surface area contributed by atoms with E-state index in [1.165, 1.54) is 4.90 Å². The molecule has 0 saturated carbocycles. The molecule has 0 heterocycles. The Morgan fingerprint density at radius 3 is 1.38 bits per heavy atom. The van der Waals surface area contributed by atoms with Crippen molar-refractivity contribution in [2.75, 3.05) is 53.4 Å². The van der Waals surface area contributed by atoms with Crippen molar-refractivity contribution in [3.05, 3.63) is 0 Å². The molecule has 1 N–H and O–H groups in total. The summed E-state index contributed by atoms with van der Waals surface area (Å²) in [6.45, 7) is 18.7. The normalized spacial score (nSPS) is 12.1. The number of ether oxygens (including phenoxy) is 3. The summed E-state index contributed by atoms with van der Waals surface area (Å²) in [7, 11) is 3.45. The van der Waals surface area contributed by atoms with E-state index in [4.69, 9.17) is 14.2 Å². The maximum absolute atomic E-state index is 12.8. The van der Waals surface area contributed by atoms with Crippen LogP contribution in [0.15, 0.2) is 0 Å². The van der Waals surface area contributed by atoms with E-state index < -0.39 is 35.1 Å². The van der Waals surface area contributed by atoms with Gasteiger partial charge in [-0.25, -0.2) is 14.4 Å². The molecular formula is C24H48N4O6. The van der Waals surface area contributed by atoms with Gasteiger partial charge in [-0.3, -0.25) is 0 Å². The Morgan fingerprint density at radius 1 is 0.618 bits per heavy atom. The molecule has 0 spiro atoms. The van der Waals surface area contributed by atoms with Gasteiger partial charge in [-0.1, -0.05) is 0 Å². The van der Waals surface area contributed by atoms with Crippen molar-refractivity contribution < 1.29 is 28.6 Å². The van der Waals surface area contributed by atoms with Crippen molar-refractivity contribution in [3.8, 4) is 0 Å². The van der Waals surface area contributed by atoms with Crippen molar-refractivity contribution in [1.82, 2.24) is 20.0 Å². The fourth-order valence-corrected chi connectivity index (χ4v) is 2.64. The first kappa shape index (κ1) is 31.8. The molecule has 34 heavy (non-hydrogen) atoms. The molecule has 0 bridgehead atoms. The molecule has 0 aliphatic carbocycles. The fourth-order valence-electron chi connectivity index (χ4n) is 2.64. The van der Waals surface area contributed by atoms with Crippen LogP contribution in [-0.2, 0) is 14.2 Å². The molecule has 0 rings (SSSR count). The van der Waals surface area contributed by atoms with E-state index in [-0.39, 0.29) is 13.1 Å². The van der Waals surface area contributed by atoms with Crippen LogP contribution in [-0.4, -0.2) is 103 Å². The highest BCUT2D eigenvalue weighted by Crippen LogP contribution is 2.13. The summed E-state index contributed by atoms with van der Waals surface area (Å²) in [5, 5.41) is 3.04. The molecule has 0 unspecified atom stereocenters. The van der Waals surface area contributed by atoms with Crippen LogP contribution in [0.1, 0.15) is 68.7 Å². The van der Waals surface area contributed by atoms with Crippen LogP contribution in [0.4, 0.5) is 14.4 Å². The average Bonchev–Trinajstić information content (AvgIpc) is 2.62. The second-order valence-corrected chi connectivity index (χ2v) is 11.3. The molecule has 10 heteroatoms. The molecule has 0 aromatic carbocycles. The Morgan fingerprint density at radius 2 is 1.00 bits per heavy atom. The SMILES string of the molecule is CNCCN(CCCN(CCN(C)C(=O)OC(C)(C)C)C(=O)OC(C)(C)C)C(=O)OC(C)(C)C. The van der Waals surface area contributed by atoms with E-state index in [0.717, 1.165) is 0 Å². The van der Waals surface area contributed by atoms with Crippen LogP contribution in [0.25, 0.3) is 0 Å². The fraction of sp³-hybridized carbons (Fsp3) is 0.875. The summed E-state index contributed by atoms with van der Waals surface area (Å²) in [6.07, 6.45) is -0.793. The van der Waals surface area contributed by atoms with Gasteiger partial charge in [0.1, 0.15) is 16.8 Å². The molecule has 0 aliphatic heterocycles. The van der Waals surface area contributed by atoms with Gasteiger partial charge >= 0.3 is 18.3 Å². The van der Waals surface area contributed by atoms with Crippen LogP contribution in [0.5, 0.6) is 0 Å². The van der Waals surface area contributed by atoms with E-state index in [0.29, 0.717) is 32.6 Å². The minimum Gasteiger partial charge on any atom is -0.444 e. The number of nitrogens with zero attached hydrogens (tertiary/aromatic N) is 3. The number of hydrogen-bond donors (Lipinski definition) is 1. The predicted octanol–water partition coefficient (Wildman–Crippen LogP) is 3.94. The van der Waals surface area contributed by atoms with Crippen LogP contribution >= 0.6 is 0 Å². The second kappa shape index (κ2) is 13.6. The Labute approximate surface area is 206 Å². The van der Waals surface area contributed by atoms with Crippen molar-refractivity contribution in [2.24, 2.45) is 0 Å². The average molecular weight is 489 g/mol. The monoisotopic (exact) mass is 488 g/mol. The number of likely N-dealkylation sites (N-methyl/N-ethyl adjacent to an activating group) is 2. The van der Waals surface area contributed by atoms with E-state index in [2.05, 4.69) is 5.32 Å². The lowest BCUT2D eigenvalue weighted by atomic mass is 10.2. The molecule has 0 aromatic rings. The molecule has 0 aromatic heterocycles. The molecule has 0 fully saturated rings. The van der Waals surface area contributed by atoms with Crippen LogP contribution < -0.4 is 5.32 Å². The summed E-state index contributed by atoms with van der Waals surface area (Å²) in [5.41, 5.74) is -1.85. The highest BCUT2D eigenvalue weighted by Gasteiger charge is 2.26. The molecule has 200 valence electrons. The van der Waals surface area contributed by atoms with E-state index >= 15 is 0 Å². The van der Waals surface area contributed by atoms with Gasteiger partial charge in [-0.2, -0.15) is 0 Å². The first-order chi connectivity index (χ1) is 15.3. The lowest BCUT2D eigenvalue weighted by molar-refractivity contribution is 0.0145. The Kier molecular flexibility index (Phi) is 12.7. The third-order valence-corrected chi connectivity index (χ3v) is 4.20. The number of rotatable bonds is 10. The minimum absolute atomic E-state index is 0.271. The number of nitrogens with one attached hydrogen (secondary N) is 1. The summed E-state index contributed by atoms with van der Waals surface area (Å²) in [5.74, 6) is 0. The van der Waals surface area contributed by atoms with Gasteiger partial charge in [0, 0.05) is 46.3 Å². The topological polar surface area (TPSA) is 101 Å². The Balaban J connectivity index is 5.17. The van der Waals surface area contributed by atoms with E-state index in [1.54, 1.807) is 58.4 Å². The number of amides is 3. The van der Waals surface area contributed by atoms with Crippen LogP contribution in [0.2, 0.25) is 0 Å². The maximum atomic E-state index is 12.8. The largest absolute Gasteiger partial charge is 0.444 e. The van der Waals surface area contributed by atoms with Crippen LogP contribution in [0, 0.1) is 0 Å². The zero-order valence-electron chi connectivity index (χ0n) is 23.2. The van der Waals surface area contributed by atoms with Crippen molar-refractivity contribution in [2.45, 2.75) is 85.5 Å². The van der Waals surface area contributed by atoms with Gasteiger partial charge in [0.2, 0.25) is 0 Å². The van der Waals surface area contributed by atoms with Gasteiger partial charge in [0.25, 0.3) is 0 Å². The summed E-state index contributed by atoms with van der Waals surface area (Å²) < 4.78 is 16.4. The first-order valence-electron chi connectivity index (χ1n) is 11.9. The second-order valence-electron chi connectivity index (χ2n) is 11.3. The number of carbonyl (C=O) groups excluding carboxylic acids is 3. The zero-order chi connectivity index (χ0) is 26.7. The van der Waals surface area contributed by atoms with Gasteiger partial charge in [-0.05, 0) is 75.8 Å². The van der Waals surface area contributed by atoms with E-state index in [9.17, 15) is 14.4 Å². The highest BCUT2D eigenvalue weighted by atomic mass is 16.6. The van der Waals surface area contributed by atoms with Gasteiger partial charge in [0.15, 0.2) is 0 Å². The maximum Gasteiger partial charge on any atom is 0.410 e. The Bertz CT molecular complexity index is 649. The molecule has 3 amide bonds.